The first-order chi connectivity index (χ1) is 7.83. The molecule has 0 spiro atoms. The minimum absolute atomic E-state index is 0.0734. The second-order valence-corrected chi connectivity index (χ2v) is 3.54. The van der Waals surface area contributed by atoms with Crippen LogP contribution < -0.4 is 5.56 Å². The Morgan fingerprint density at radius 2 is 2.19 bits per heavy atom. The fourth-order valence-corrected chi connectivity index (χ4v) is 1.68. The van der Waals surface area contributed by atoms with Gasteiger partial charge in [0.25, 0.3) is 5.56 Å². The van der Waals surface area contributed by atoms with Crippen LogP contribution in [-0.2, 0) is 6.54 Å². The molecule has 1 aromatic carbocycles. The first-order valence-corrected chi connectivity index (χ1v) is 5.21. The molecule has 3 heteroatoms. The van der Waals surface area contributed by atoms with E-state index in [1.807, 2.05) is 24.3 Å². The number of aryl methyl sites for hydroxylation is 1. The minimum atomic E-state index is -0.0734. The molecule has 2 aromatic rings. The Labute approximate surface area is 93.7 Å². The molecule has 16 heavy (non-hydrogen) atoms. The highest BCUT2D eigenvalue weighted by atomic mass is 16.1. The second kappa shape index (κ2) is 4.63. The van der Waals surface area contributed by atoms with Crippen LogP contribution in [0.2, 0.25) is 0 Å². The third-order valence-corrected chi connectivity index (χ3v) is 2.46. The normalized spacial score (nSPS) is 10.2. The quantitative estimate of drug-likeness (QED) is 0.574. The van der Waals surface area contributed by atoms with Crippen LogP contribution in [0.5, 0.6) is 0 Å². The molecule has 2 rings (SSSR count). The topological polar surface area (TPSA) is 34.9 Å². The molecule has 0 unspecified atom stereocenters. The van der Waals surface area contributed by atoms with Crippen LogP contribution in [0.4, 0.5) is 0 Å². The first kappa shape index (κ1) is 10.4. The summed E-state index contributed by atoms with van der Waals surface area (Å²) >= 11 is 0. The lowest BCUT2D eigenvalue weighted by molar-refractivity contribution is 0.652. The number of para-hydroxylation sites is 2. The molecule has 0 N–H and O–H groups in total. The summed E-state index contributed by atoms with van der Waals surface area (Å²) in [5, 5.41) is 0. The van der Waals surface area contributed by atoms with Gasteiger partial charge in [-0.05, 0) is 18.6 Å². The van der Waals surface area contributed by atoms with Gasteiger partial charge in [0.05, 0.1) is 17.2 Å². The molecule has 0 aliphatic heterocycles. The van der Waals surface area contributed by atoms with Gasteiger partial charge in [-0.1, -0.05) is 12.1 Å². The smallest absolute Gasteiger partial charge is 0.269 e. The molecule has 0 aliphatic carbocycles. The Hall–Kier alpha value is -2.08. The Balaban J connectivity index is 2.46. The van der Waals surface area contributed by atoms with Crippen LogP contribution >= 0.6 is 0 Å². The van der Waals surface area contributed by atoms with Gasteiger partial charge >= 0.3 is 0 Å². The van der Waals surface area contributed by atoms with Crippen molar-refractivity contribution < 1.29 is 0 Å². The molecule has 0 fully saturated rings. The summed E-state index contributed by atoms with van der Waals surface area (Å²) in [5.41, 5.74) is 1.63. The second-order valence-electron chi connectivity index (χ2n) is 3.54. The van der Waals surface area contributed by atoms with E-state index in [2.05, 4.69) is 10.9 Å². The van der Waals surface area contributed by atoms with Gasteiger partial charge in [0.1, 0.15) is 0 Å². The maximum Gasteiger partial charge on any atom is 0.269 e. The molecule has 0 aliphatic rings. The van der Waals surface area contributed by atoms with Crippen molar-refractivity contribution in [2.24, 2.45) is 0 Å². The van der Waals surface area contributed by atoms with Crippen LogP contribution in [0.15, 0.2) is 35.3 Å². The zero-order chi connectivity index (χ0) is 11.4. The maximum absolute atomic E-state index is 11.7. The fraction of sp³-hybridized carbons (Fsp3) is 0.231. The molecular formula is C13H12N2O. The monoisotopic (exact) mass is 212 g/mol. The number of terminal acetylenes is 1. The van der Waals surface area contributed by atoms with Crippen molar-refractivity contribution in [3.63, 3.8) is 0 Å². The highest BCUT2D eigenvalue weighted by Gasteiger charge is 2.02. The molecule has 0 saturated carbocycles. The van der Waals surface area contributed by atoms with Crippen LogP contribution in [0.1, 0.15) is 12.8 Å². The summed E-state index contributed by atoms with van der Waals surface area (Å²) in [6.07, 6.45) is 8.05. The van der Waals surface area contributed by atoms with Crippen molar-refractivity contribution in [1.82, 2.24) is 9.55 Å². The molecule has 0 atom stereocenters. The van der Waals surface area contributed by atoms with E-state index in [4.69, 9.17) is 6.42 Å². The molecule has 0 bridgehead atoms. The standard InChI is InChI=1S/C13H12N2O/c1-2-3-6-9-15-12-8-5-4-7-11(12)14-10-13(15)16/h1,4-5,7-8,10H,3,6,9H2. The number of unbranched alkanes of at least 4 members (excludes halogenated alkanes) is 1. The summed E-state index contributed by atoms with van der Waals surface area (Å²) in [4.78, 5) is 15.8. The minimum Gasteiger partial charge on any atom is -0.305 e. The van der Waals surface area contributed by atoms with Crippen molar-refractivity contribution in [2.45, 2.75) is 19.4 Å². The van der Waals surface area contributed by atoms with Crippen molar-refractivity contribution in [2.75, 3.05) is 0 Å². The van der Waals surface area contributed by atoms with E-state index in [0.29, 0.717) is 13.0 Å². The summed E-state index contributed by atoms with van der Waals surface area (Å²) < 4.78 is 1.72. The Kier molecular flexibility index (Phi) is 3.02. The van der Waals surface area contributed by atoms with E-state index < -0.39 is 0 Å². The highest BCUT2D eigenvalue weighted by molar-refractivity contribution is 5.74. The third kappa shape index (κ3) is 1.96. The van der Waals surface area contributed by atoms with Crippen LogP contribution in [0, 0.1) is 12.3 Å². The van der Waals surface area contributed by atoms with E-state index in [9.17, 15) is 4.79 Å². The molecule has 0 saturated heterocycles. The predicted molar refractivity (Wildman–Crippen MR) is 64.1 cm³/mol. The van der Waals surface area contributed by atoms with Crippen molar-refractivity contribution >= 4 is 11.0 Å². The SMILES string of the molecule is C#CCCCn1c(=O)cnc2ccccc21. The van der Waals surface area contributed by atoms with E-state index in [0.717, 1.165) is 17.5 Å². The number of aromatic nitrogens is 2. The predicted octanol–water partition coefficient (Wildman–Crippen LogP) is 1.81. The lowest BCUT2D eigenvalue weighted by atomic mass is 10.2. The van der Waals surface area contributed by atoms with Crippen LogP contribution in [-0.4, -0.2) is 9.55 Å². The zero-order valence-electron chi connectivity index (χ0n) is 8.89. The van der Waals surface area contributed by atoms with Gasteiger partial charge in [-0.3, -0.25) is 4.79 Å². The number of rotatable bonds is 3. The van der Waals surface area contributed by atoms with Gasteiger partial charge < -0.3 is 4.57 Å². The maximum atomic E-state index is 11.7. The Bertz CT molecular complexity index is 593. The highest BCUT2D eigenvalue weighted by Crippen LogP contribution is 2.08. The lowest BCUT2D eigenvalue weighted by Crippen LogP contribution is -2.20. The molecule has 0 amide bonds. The van der Waals surface area contributed by atoms with E-state index >= 15 is 0 Å². The van der Waals surface area contributed by atoms with Gasteiger partial charge in [-0.15, -0.1) is 12.3 Å². The van der Waals surface area contributed by atoms with E-state index in [-0.39, 0.29) is 5.56 Å². The molecule has 0 radical (unpaired) electrons. The average molecular weight is 212 g/mol. The van der Waals surface area contributed by atoms with Gasteiger partial charge in [0, 0.05) is 13.0 Å². The molecular weight excluding hydrogens is 200 g/mol. The summed E-state index contributed by atoms with van der Waals surface area (Å²) in [6.45, 7) is 0.645. The van der Waals surface area contributed by atoms with Crippen molar-refractivity contribution in [1.29, 1.82) is 0 Å². The third-order valence-electron chi connectivity index (χ3n) is 2.46. The fourth-order valence-electron chi connectivity index (χ4n) is 1.68. The lowest BCUT2D eigenvalue weighted by Gasteiger charge is -2.07. The summed E-state index contributed by atoms with van der Waals surface area (Å²) in [6, 6.07) is 7.61. The number of nitrogens with zero attached hydrogens (tertiary/aromatic N) is 2. The summed E-state index contributed by atoms with van der Waals surface area (Å²) in [5.74, 6) is 2.57. The van der Waals surface area contributed by atoms with E-state index in [1.54, 1.807) is 4.57 Å². The number of hydrogen-bond donors (Lipinski definition) is 0. The number of fused-ring (bicyclic) bond motifs is 1. The molecule has 1 aromatic heterocycles. The zero-order valence-corrected chi connectivity index (χ0v) is 8.89. The molecule has 3 nitrogen and oxygen atoms in total. The van der Waals surface area contributed by atoms with Crippen molar-refractivity contribution in [3.05, 3.63) is 40.8 Å². The van der Waals surface area contributed by atoms with Gasteiger partial charge in [-0.2, -0.15) is 0 Å². The first-order valence-electron chi connectivity index (χ1n) is 5.21. The van der Waals surface area contributed by atoms with Gasteiger partial charge in [0.15, 0.2) is 0 Å². The Morgan fingerprint density at radius 1 is 1.38 bits per heavy atom. The Morgan fingerprint density at radius 3 is 3.00 bits per heavy atom. The van der Waals surface area contributed by atoms with Crippen LogP contribution in [0.3, 0.4) is 0 Å². The summed E-state index contributed by atoms with van der Waals surface area (Å²) in [7, 11) is 0. The average Bonchev–Trinajstić information content (AvgIpc) is 2.32. The van der Waals surface area contributed by atoms with Crippen molar-refractivity contribution in [3.8, 4) is 12.3 Å². The van der Waals surface area contributed by atoms with Gasteiger partial charge in [-0.25, -0.2) is 4.98 Å². The number of benzene rings is 1. The molecule has 1 heterocycles. The molecule has 80 valence electrons. The van der Waals surface area contributed by atoms with Gasteiger partial charge in [0.2, 0.25) is 0 Å². The van der Waals surface area contributed by atoms with Crippen LogP contribution in [0.25, 0.3) is 11.0 Å². The largest absolute Gasteiger partial charge is 0.305 e. The van der Waals surface area contributed by atoms with E-state index in [1.165, 1.54) is 6.20 Å². The number of hydrogen-bond acceptors (Lipinski definition) is 2.